The lowest BCUT2D eigenvalue weighted by Crippen LogP contribution is -2.48. The quantitative estimate of drug-likeness (QED) is 0.920. The molecule has 0 unspecified atom stereocenters. The first-order chi connectivity index (χ1) is 9.61. The van der Waals surface area contributed by atoms with Gasteiger partial charge in [0, 0.05) is 17.1 Å². The zero-order chi connectivity index (χ0) is 14.2. The number of hydrogen-bond acceptors (Lipinski definition) is 3. The van der Waals surface area contributed by atoms with Crippen molar-refractivity contribution in [3.05, 3.63) is 47.5 Å². The van der Waals surface area contributed by atoms with Crippen LogP contribution in [-0.4, -0.2) is 18.8 Å². The molecule has 3 nitrogen and oxygen atoms in total. The van der Waals surface area contributed by atoms with E-state index < -0.39 is 5.60 Å². The van der Waals surface area contributed by atoms with Gasteiger partial charge in [-0.1, -0.05) is 35.9 Å². The molecule has 1 heterocycles. The summed E-state index contributed by atoms with van der Waals surface area (Å²) in [6.07, 6.45) is 0. The average molecular weight is 290 g/mol. The molecule has 0 fully saturated rings. The highest BCUT2D eigenvalue weighted by molar-refractivity contribution is 6.30. The maximum absolute atomic E-state index is 6.10. The number of nitrogens with two attached hydrogens (primary N) is 1. The van der Waals surface area contributed by atoms with Gasteiger partial charge in [0.05, 0.1) is 0 Å². The number of rotatable bonds is 2. The van der Waals surface area contributed by atoms with Gasteiger partial charge in [0.25, 0.3) is 0 Å². The fourth-order valence-electron chi connectivity index (χ4n) is 2.22. The van der Waals surface area contributed by atoms with Crippen LogP contribution in [0.15, 0.2) is 42.5 Å². The fraction of sp³-hybridized carbons (Fsp3) is 0.250. The van der Waals surface area contributed by atoms with E-state index in [0.29, 0.717) is 18.2 Å². The maximum Gasteiger partial charge on any atom is 0.170 e. The van der Waals surface area contributed by atoms with Gasteiger partial charge in [0.1, 0.15) is 6.61 Å². The van der Waals surface area contributed by atoms with Crippen LogP contribution in [0.2, 0.25) is 5.02 Å². The number of halogens is 1. The lowest BCUT2D eigenvalue weighted by atomic mass is 10.0. The molecule has 20 heavy (non-hydrogen) atoms. The molecule has 4 heteroatoms. The topological polar surface area (TPSA) is 44.5 Å². The first-order valence-electron chi connectivity index (χ1n) is 6.52. The third kappa shape index (κ3) is 2.35. The van der Waals surface area contributed by atoms with Crippen LogP contribution in [0.5, 0.6) is 11.5 Å². The number of para-hydroxylation sites is 1. The van der Waals surface area contributed by atoms with Gasteiger partial charge >= 0.3 is 0 Å². The van der Waals surface area contributed by atoms with Crippen molar-refractivity contribution in [3.63, 3.8) is 0 Å². The SMILES string of the molecule is C[C@]1(CN)COc2cccc(-c3cccc(Cl)c3)c2O1. The Morgan fingerprint density at radius 3 is 2.80 bits per heavy atom. The van der Waals surface area contributed by atoms with Crippen molar-refractivity contribution in [2.75, 3.05) is 13.2 Å². The number of hydrogen-bond donors (Lipinski definition) is 1. The molecule has 104 valence electrons. The standard InChI is InChI=1S/C16H16ClNO2/c1-16(9-18)10-19-14-7-3-6-13(15(14)20-16)11-4-2-5-12(17)8-11/h2-8H,9-10,18H2,1H3/t16-/m0/s1. The van der Waals surface area contributed by atoms with E-state index in [1.54, 1.807) is 0 Å². The van der Waals surface area contributed by atoms with Crippen molar-refractivity contribution in [1.82, 2.24) is 0 Å². The summed E-state index contributed by atoms with van der Waals surface area (Å²) in [6, 6.07) is 13.5. The van der Waals surface area contributed by atoms with Gasteiger partial charge in [0.2, 0.25) is 0 Å². The zero-order valence-electron chi connectivity index (χ0n) is 11.2. The van der Waals surface area contributed by atoms with Crippen LogP contribution in [-0.2, 0) is 0 Å². The predicted octanol–water partition coefficient (Wildman–Crippen LogP) is 3.50. The second-order valence-electron chi connectivity index (χ2n) is 5.19. The maximum atomic E-state index is 6.10. The highest BCUT2D eigenvalue weighted by Gasteiger charge is 2.33. The molecule has 2 N–H and O–H groups in total. The lowest BCUT2D eigenvalue weighted by molar-refractivity contribution is 0.0141. The number of ether oxygens (including phenoxy) is 2. The summed E-state index contributed by atoms with van der Waals surface area (Å²) in [7, 11) is 0. The van der Waals surface area contributed by atoms with Crippen LogP contribution < -0.4 is 15.2 Å². The van der Waals surface area contributed by atoms with E-state index in [1.165, 1.54) is 0 Å². The minimum Gasteiger partial charge on any atom is -0.485 e. The van der Waals surface area contributed by atoms with Crippen molar-refractivity contribution in [1.29, 1.82) is 0 Å². The molecule has 1 aliphatic heterocycles. The molecular formula is C16H16ClNO2. The van der Waals surface area contributed by atoms with Gasteiger partial charge in [-0.3, -0.25) is 0 Å². The minimum absolute atomic E-state index is 0.399. The molecule has 1 aliphatic rings. The molecule has 0 radical (unpaired) electrons. The van der Waals surface area contributed by atoms with Gasteiger partial charge in [-0.2, -0.15) is 0 Å². The summed E-state index contributed by atoms with van der Waals surface area (Å²) in [5, 5.41) is 0.693. The van der Waals surface area contributed by atoms with Gasteiger partial charge in [0.15, 0.2) is 17.1 Å². The van der Waals surface area contributed by atoms with Crippen LogP contribution in [0.4, 0.5) is 0 Å². The summed E-state index contributed by atoms with van der Waals surface area (Å²) in [5.41, 5.74) is 7.24. The Balaban J connectivity index is 2.10. The van der Waals surface area contributed by atoms with E-state index in [-0.39, 0.29) is 0 Å². The smallest absolute Gasteiger partial charge is 0.170 e. The molecule has 0 amide bonds. The van der Waals surface area contributed by atoms with Gasteiger partial charge in [-0.05, 0) is 30.7 Å². The normalized spacial score (nSPS) is 20.8. The number of fused-ring (bicyclic) bond motifs is 1. The van der Waals surface area contributed by atoms with E-state index in [1.807, 2.05) is 49.4 Å². The third-order valence-corrected chi connectivity index (χ3v) is 3.66. The van der Waals surface area contributed by atoms with Gasteiger partial charge < -0.3 is 15.2 Å². The van der Waals surface area contributed by atoms with E-state index in [4.69, 9.17) is 26.8 Å². The minimum atomic E-state index is -0.498. The zero-order valence-corrected chi connectivity index (χ0v) is 12.0. The van der Waals surface area contributed by atoms with Gasteiger partial charge in [-0.15, -0.1) is 0 Å². The first kappa shape index (κ1) is 13.3. The molecule has 3 rings (SSSR count). The van der Waals surface area contributed by atoms with E-state index >= 15 is 0 Å². The Hall–Kier alpha value is -1.71. The van der Waals surface area contributed by atoms with Crippen LogP contribution in [0.3, 0.4) is 0 Å². The van der Waals surface area contributed by atoms with E-state index in [2.05, 4.69) is 0 Å². The molecule has 0 spiro atoms. The molecular weight excluding hydrogens is 274 g/mol. The van der Waals surface area contributed by atoms with Crippen molar-refractivity contribution in [2.45, 2.75) is 12.5 Å². The molecule has 0 saturated carbocycles. The van der Waals surface area contributed by atoms with Gasteiger partial charge in [-0.25, -0.2) is 0 Å². The van der Waals surface area contributed by atoms with Crippen molar-refractivity contribution in [3.8, 4) is 22.6 Å². The average Bonchev–Trinajstić information content (AvgIpc) is 2.46. The number of benzene rings is 2. The van der Waals surface area contributed by atoms with Crippen LogP contribution in [0.25, 0.3) is 11.1 Å². The van der Waals surface area contributed by atoms with Crippen molar-refractivity contribution >= 4 is 11.6 Å². The van der Waals surface area contributed by atoms with Crippen molar-refractivity contribution < 1.29 is 9.47 Å². The van der Waals surface area contributed by atoms with Crippen LogP contribution in [0, 0.1) is 0 Å². The van der Waals surface area contributed by atoms with Crippen LogP contribution in [0.1, 0.15) is 6.92 Å². The lowest BCUT2D eigenvalue weighted by Gasteiger charge is -2.35. The Morgan fingerprint density at radius 1 is 1.25 bits per heavy atom. The summed E-state index contributed by atoms with van der Waals surface area (Å²) in [4.78, 5) is 0. The first-order valence-corrected chi connectivity index (χ1v) is 6.90. The van der Waals surface area contributed by atoms with E-state index in [0.717, 1.165) is 22.6 Å². The van der Waals surface area contributed by atoms with Crippen LogP contribution >= 0.6 is 11.6 Å². The summed E-state index contributed by atoms with van der Waals surface area (Å²) in [6.45, 7) is 2.80. The third-order valence-electron chi connectivity index (χ3n) is 3.43. The molecule has 0 aromatic heterocycles. The Kier molecular flexibility index (Phi) is 3.32. The Labute approximate surface area is 123 Å². The second kappa shape index (κ2) is 5.00. The molecule has 0 aliphatic carbocycles. The monoisotopic (exact) mass is 289 g/mol. The largest absolute Gasteiger partial charge is 0.485 e. The van der Waals surface area contributed by atoms with E-state index in [9.17, 15) is 0 Å². The second-order valence-corrected chi connectivity index (χ2v) is 5.62. The predicted molar refractivity (Wildman–Crippen MR) is 80.5 cm³/mol. The highest BCUT2D eigenvalue weighted by atomic mass is 35.5. The summed E-state index contributed by atoms with van der Waals surface area (Å²) in [5.74, 6) is 1.47. The molecule has 0 saturated heterocycles. The molecule has 1 atom stereocenters. The fourth-order valence-corrected chi connectivity index (χ4v) is 2.42. The Morgan fingerprint density at radius 2 is 2.05 bits per heavy atom. The molecule has 2 aromatic carbocycles. The highest BCUT2D eigenvalue weighted by Crippen LogP contribution is 2.43. The molecule has 2 aromatic rings. The van der Waals surface area contributed by atoms with Crippen molar-refractivity contribution in [2.24, 2.45) is 5.73 Å². The summed E-state index contributed by atoms with van der Waals surface area (Å²) < 4.78 is 11.9. The summed E-state index contributed by atoms with van der Waals surface area (Å²) >= 11 is 6.07. The Bertz CT molecular complexity index is 644. The molecule has 0 bridgehead atoms.